The van der Waals surface area contributed by atoms with Crippen LogP contribution in [0.4, 0.5) is 0 Å². The van der Waals surface area contributed by atoms with E-state index in [2.05, 4.69) is 15.4 Å². The number of nitrogens with zero attached hydrogens (tertiary/aromatic N) is 5. The van der Waals surface area contributed by atoms with Crippen molar-refractivity contribution >= 4 is 11.9 Å². The van der Waals surface area contributed by atoms with E-state index < -0.39 is 23.5 Å². The normalized spacial score (nSPS) is 12.7. The minimum Gasteiger partial charge on any atom is -0.480 e. The van der Waals surface area contributed by atoms with Crippen LogP contribution in [0.5, 0.6) is 0 Å². The number of rotatable bonds is 5. The summed E-state index contributed by atoms with van der Waals surface area (Å²) >= 11 is 0. The molecule has 0 spiro atoms. The average Bonchev–Trinajstić information content (AvgIpc) is 3.03. The Morgan fingerprint density at radius 1 is 1.26 bits per heavy atom. The second-order valence-corrected chi connectivity index (χ2v) is 5.74. The van der Waals surface area contributed by atoms with Crippen molar-refractivity contribution in [2.24, 2.45) is 0 Å². The minimum atomic E-state index is -1.33. The van der Waals surface area contributed by atoms with Crippen LogP contribution in [0.15, 0.2) is 30.3 Å². The zero-order valence-corrected chi connectivity index (χ0v) is 13.5. The van der Waals surface area contributed by atoms with Crippen LogP contribution in [-0.4, -0.2) is 54.7 Å². The van der Waals surface area contributed by atoms with E-state index in [1.807, 2.05) is 30.3 Å². The largest absolute Gasteiger partial charge is 0.480 e. The Labute approximate surface area is 133 Å². The van der Waals surface area contributed by atoms with Gasteiger partial charge in [-0.25, -0.2) is 4.79 Å². The van der Waals surface area contributed by atoms with Gasteiger partial charge >= 0.3 is 5.97 Å². The Morgan fingerprint density at radius 3 is 2.43 bits per heavy atom. The number of aromatic nitrogens is 4. The zero-order chi connectivity index (χ0) is 17.2. The number of aliphatic carboxylic acids is 1. The molecule has 0 radical (unpaired) electrons. The molecule has 1 unspecified atom stereocenters. The maximum Gasteiger partial charge on any atom is 0.329 e. The second kappa shape index (κ2) is 6.15. The van der Waals surface area contributed by atoms with Gasteiger partial charge in [-0.2, -0.15) is 4.80 Å². The van der Waals surface area contributed by atoms with Gasteiger partial charge < -0.3 is 10.0 Å². The predicted octanol–water partition coefficient (Wildman–Crippen LogP) is 1.22. The lowest BCUT2D eigenvalue weighted by Crippen LogP contribution is -2.52. The number of likely N-dealkylation sites (N-methyl/N-ethyl adjacent to an activating group) is 1. The van der Waals surface area contributed by atoms with Gasteiger partial charge in [-0.3, -0.25) is 4.79 Å². The first kappa shape index (κ1) is 16.6. The van der Waals surface area contributed by atoms with Crippen LogP contribution in [0, 0.1) is 0 Å². The average molecular weight is 317 g/mol. The standard InChI is InChI=1S/C15H19N5O3/c1-10(13(21)19(4)15(2,3)14(22)23)20-17-12(16-18-20)11-8-6-5-7-9-11/h5-10H,1-4H3,(H,22,23). The maximum atomic E-state index is 12.5. The van der Waals surface area contributed by atoms with Gasteiger partial charge in [0.1, 0.15) is 11.6 Å². The highest BCUT2D eigenvalue weighted by Crippen LogP contribution is 2.18. The van der Waals surface area contributed by atoms with Crippen LogP contribution >= 0.6 is 0 Å². The molecular weight excluding hydrogens is 298 g/mol. The number of amides is 1. The summed E-state index contributed by atoms with van der Waals surface area (Å²) < 4.78 is 0. The maximum absolute atomic E-state index is 12.5. The number of carboxylic acid groups (broad SMARTS) is 1. The Hall–Kier alpha value is -2.77. The lowest BCUT2D eigenvalue weighted by Gasteiger charge is -2.32. The lowest BCUT2D eigenvalue weighted by atomic mass is 10.0. The van der Waals surface area contributed by atoms with Crippen molar-refractivity contribution in [1.29, 1.82) is 0 Å². The second-order valence-electron chi connectivity index (χ2n) is 5.74. The molecule has 8 nitrogen and oxygen atoms in total. The third kappa shape index (κ3) is 3.20. The molecule has 23 heavy (non-hydrogen) atoms. The van der Waals surface area contributed by atoms with E-state index in [1.54, 1.807) is 6.92 Å². The number of tetrazole rings is 1. The summed E-state index contributed by atoms with van der Waals surface area (Å²) in [5, 5.41) is 21.3. The van der Waals surface area contributed by atoms with Crippen LogP contribution in [-0.2, 0) is 9.59 Å². The molecular formula is C15H19N5O3. The number of carboxylic acids is 1. The summed E-state index contributed by atoms with van der Waals surface area (Å²) in [6, 6.07) is 8.51. The Morgan fingerprint density at radius 2 is 1.87 bits per heavy atom. The third-order valence-electron chi connectivity index (χ3n) is 3.86. The summed E-state index contributed by atoms with van der Waals surface area (Å²) in [5.41, 5.74) is -0.536. The van der Waals surface area contributed by atoms with Crippen molar-refractivity contribution in [3.63, 3.8) is 0 Å². The summed E-state index contributed by atoms with van der Waals surface area (Å²) in [6.07, 6.45) is 0. The highest BCUT2D eigenvalue weighted by Gasteiger charge is 2.37. The van der Waals surface area contributed by atoms with Crippen molar-refractivity contribution in [2.75, 3.05) is 7.05 Å². The molecule has 1 atom stereocenters. The number of carbonyl (C=O) groups is 2. The number of hydrogen-bond acceptors (Lipinski definition) is 5. The number of hydrogen-bond donors (Lipinski definition) is 1. The molecule has 1 N–H and O–H groups in total. The van der Waals surface area contributed by atoms with E-state index >= 15 is 0 Å². The molecule has 1 aromatic carbocycles. The van der Waals surface area contributed by atoms with Crippen molar-refractivity contribution in [3.05, 3.63) is 30.3 Å². The van der Waals surface area contributed by atoms with Gasteiger partial charge in [0.25, 0.3) is 0 Å². The Balaban J connectivity index is 2.21. The molecule has 0 bridgehead atoms. The topological polar surface area (TPSA) is 101 Å². The summed E-state index contributed by atoms with van der Waals surface area (Å²) in [5.74, 6) is -1.09. The predicted molar refractivity (Wildman–Crippen MR) is 82.4 cm³/mol. The fourth-order valence-electron chi connectivity index (χ4n) is 1.89. The summed E-state index contributed by atoms with van der Waals surface area (Å²) in [4.78, 5) is 26.1. The first-order valence-electron chi connectivity index (χ1n) is 7.11. The van der Waals surface area contributed by atoms with Crippen LogP contribution < -0.4 is 0 Å². The third-order valence-corrected chi connectivity index (χ3v) is 3.86. The molecule has 0 saturated heterocycles. The van der Waals surface area contributed by atoms with E-state index in [4.69, 9.17) is 0 Å². The van der Waals surface area contributed by atoms with Gasteiger partial charge in [0.15, 0.2) is 0 Å². The van der Waals surface area contributed by atoms with Crippen molar-refractivity contribution in [3.8, 4) is 11.4 Å². The molecule has 0 saturated carbocycles. The van der Waals surface area contributed by atoms with Gasteiger partial charge in [0.2, 0.25) is 11.7 Å². The number of carbonyl (C=O) groups excluding carboxylic acids is 1. The fraction of sp³-hybridized carbons (Fsp3) is 0.400. The quantitative estimate of drug-likeness (QED) is 0.890. The summed E-state index contributed by atoms with van der Waals surface area (Å²) in [7, 11) is 1.45. The molecule has 0 aliphatic heterocycles. The van der Waals surface area contributed by atoms with Gasteiger partial charge in [-0.1, -0.05) is 30.3 Å². The molecule has 8 heteroatoms. The van der Waals surface area contributed by atoms with Gasteiger partial charge in [0.05, 0.1) is 0 Å². The molecule has 1 heterocycles. The molecule has 2 aromatic rings. The van der Waals surface area contributed by atoms with E-state index in [-0.39, 0.29) is 0 Å². The van der Waals surface area contributed by atoms with Crippen LogP contribution in [0.2, 0.25) is 0 Å². The smallest absolute Gasteiger partial charge is 0.329 e. The molecule has 0 fully saturated rings. The SMILES string of the molecule is CC(C(=O)N(C)C(C)(C)C(=O)O)n1nnc(-c2ccccc2)n1. The summed E-state index contributed by atoms with van der Waals surface area (Å²) in [6.45, 7) is 4.53. The van der Waals surface area contributed by atoms with E-state index in [0.29, 0.717) is 5.82 Å². The monoisotopic (exact) mass is 317 g/mol. The van der Waals surface area contributed by atoms with Crippen molar-refractivity contribution in [2.45, 2.75) is 32.4 Å². The van der Waals surface area contributed by atoms with Crippen molar-refractivity contribution < 1.29 is 14.7 Å². The van der Waals surface area contributed by atoms with Gasteiger partial charge in [0, 0.05) is 12.6 Å². The van der Waals surface area contributed by atoms with E-state index in [9.17, 15) is 14.7 Å². The number of benzene rings is 1. The Bertz CT molecular complexity index is 711. The fourth-order valence-corrected chi connectivity index (χ4v) is 1.89. The highest BCUT2D eigenvalue weighted by atomic mass is 16.4. The minimum absolute atomic E-state index is 0.408. The van der Waals surface area contributed by atoms with Gasteiger partial charge in [-0.05, 0) is 26.0 Å². The first-order chi connectivity index (χ1) is 10.7. The molecule has 0 aliphatic carbocycles. The van der Waals surface area contributed by atoms with E-state index in [0.717, 1.165) is 5.56 Å². The lowest BCUT2D eigenvalue weighted by molar-refractivity contribution is -0.156. The molecule has 2 rings (SSSR count). The highest BCUT2D eigenvalue weighted by molar-refractivity contribution is 5.87. The van der Waals surface area contributed by atoms with Crippen LogP contribution in [0.3, 0.4) is 0 Å². The van der Waals surface area contributed by atoms with E-state index in [1.165, 1.54) is 30.6 Å². The van der Waals surface area contributed by atoms with Crippen LogP contribution in [0.1, 0.15) is 26.8 Å². The van der Waals surface area contributed by atoms with Crippen LogP contribution in [0.25, 0.3) is 11.4 Å². The first-order valence-corrected chi connectivity index (χ1v) is 7.11. The Kier molecular flexibility index (Phi) is 4.44. The molecule has 122 valence electrons. The van der Waals surface area contributed by atoms with Gasteiger partial charge in [-0.15, -0.1) is 10.2 Å². The molecule has 0 aliphatic rings. The molecule has 1 aromatic heterocycles. The molecule has 1 amide bonds. The zero-order valence-electron chi connectivity index (χ0n) is 13.5. The van der Waals surface area contributed by atoms with Crippen molar-refractivity contribution in [1.82, 2.24) is 25.1 Å².